The average Bonchev–Trinajstić information content (AvgIpc) is 2.71. The zero-order valence-electron chi connectivity index (χ0n) is 16.7. The predicted octanol–water partition coefficient (Wildman–Crippen LogP) is 8.90. The van der Waals surface area contributed by atoms with E-state index >= 15 is 0 Å². The Labute approximate surface area is 181 Å². The van der Waals surface area contributed by atoms with Gasteiger partial charge in [-0.2, -0.15) is 0 Å². The Morgan fingerprint density at radius 1 is 0.690 bits per heavy atom. The topological polar surface area (TPSA) is 9.23 Å². The third-order valence-electron chi connectivity index (χ3n) is 5.05. The summed E-state index contributed by atoms with van der Waals surface area (Å²) in [4.78, 5) is 0. The third kappa shape index (κ3) is 4.12. The summed E-state index contributed by atoms with van der Waals surface area (Å²) in [6.07, 6.45) is 0. The van der Waals surface area contributed by atoms with Crippen molar-refractivity contribution in [3.63, 3.8) is 0 Å². The van der Waals surface area contributed by atoms with Crippen LogP contribution >= 0.6 is 23.2 Å². The Morgan fingerprint density at radius 3 is 2.10 bits per heavy atom. The maximum atomic E-state index is 6.48. The molecular formula is C26H22Cl2O. The van der Waals surface area contributed by atoms with E-state index in [9.17, 15) is 0 Å². The van der Waals surface area contributed by atoms with Crippen LogP contribution in [0.15, 0.2) is 78.9 Å². The molecule has 4 aromatic carbocycles. The second-order valence-electron chi connectivity index (χ2n) is 8.18. The summed E-state index contributed by atoms with van der Waals surface area (Å²) in [5.41, 5.74) is 3.43. The minimum atomic E-state index is 0.110. The van der Waals surface area contributed by atoms with Crippen LogP contribution < -0.4 is 4.74 Å². The normalized spacial score (nSPS) is 11.6. The van der Waals surface area contributed by atoms with Crippen LogP contribution in [0.25, 0.3) is 21.9 Å². The van der Waals surface area contributed by atoms with Gasteiger partial charge in [0.1, 0.15) is 16.5 Å². The van der Waals surface area contributed by atoms with Gasteiger partial charge in [-0.05, 0) is 45.7 Å². The number of hydrogen-bond donors (Lipinski definition) is 0. The highest BCUT2D eigenvalue weighted by Gasteiger charge is 2.15. The molecule has 0 aliphatic rings. The van der Waals surface area contributed by atoms with Crippen molar-refractivity contribution in [2.24, 2.45) is 0 Å². The summed E-state index contributed by atoms with van der Waals surface area (Å²) < 4.78 is 6.23. The molecular weight excluding hydrogens is 399 g/mol. The predicted molar refractivity (Wildman–Crippen MR) is 125 cm³/mol. The molecule has 0 radical (unpaired) electrons. The lowest BCUT2D eigenvalue weighted by atomic mass is 9.86. The average molecular weight is 421 g/mol. The zero-order valence-corrected chi connectivity index (χ0v) is 18.2. The molecule has 4 rings (SSSR count). The fraction of sp³-hybridized carbons (Fsp3) is 0.154. The highest BCUT2D eigenvalue weighted by atomic mass is 35.5. The second-order valence-corrected chi connectivity index (χ2v) is 8.96. The molecule has 3 heteroatoms. The van der Waals surface area contributed by atoms with Crippen molar-refractivity contribution in [1.82, 2.24) is 0 Å². The van der Waals surface area contributed by atoms with E-state index < -0.39 is 0 Å². The number of benzene rings is 4. The van der Waals surface area contributed by atoms with E-state index in [0.717, 1.165) is 27.6 Å². The van der Waals surface area contributed by atoms with Gasteiger partial charge in [0.25, 0.3) is 0 Å². The zero-order chi connectivity index (χ0) is 20.6. The van der Waals surface area contributed by atoms with Gasteiger partial charge in [-0.3, -0.25) is 0 Å². The van der Waals surface area contributed by atoms with E-state index in [1.54, 1.807) is 0 Å². The van der Waals surface area contributed by atoms with Crippen molar-refractivity contribution < 1.29 is 4.74 Å². The van der Waals surface area contributed by atoms with Gasteiger partial charge >= 0.3 is 0 Å². The molecule has 1 nitrogen and oxygen atoms in total. The van der Waals surface area contributed by atoms with E-state index in [0.29, 0.717) is 15.8 Å². The summed E-state index contributed by atoms with van der Waals surface area (Å²) in [5.74, 6) is 1.30. The van der Waals surface area contributed by atoms with Crippen LogP contribution in [0.4, 0.5) is 0 Å². The maximum absolute atomic E-state index is 6.48. The molecule has 0 spiro atoms. The van der Waals surface area contributed by atoms with Crippen molar-refractivity contribution in [1.29, 1.82) is 0 Å². The number of hydrogen-bond acceptors (Lipinski definition) is 1. The smallest absolute Gasteiger partial charge is 0.148 e. The quantitative estimate of drug-likeness (QED) is 0.321. The molecule has 4 aromatic rings. The van der Waals surface area contributed by atoms with Crippen molar-refractivity contribution in [3.05, 3.63) is 94.5 Å². The van der Waals surface area contributed by atoms with Crippen molar-refractivity contribution >= 4 is 34.0 Å². The van der Waals surface area contributed by atoms with Gasteiger partial charge in [0.05, 0.1) is 5.02 Å². The standard InChI is InChI=1S/C26H22Cl2O/c1-26(2,3)20-13-11-17(12-14-20)19-15-22(27)25(28)24(16-19)29-23-10-6-8-18-7-4-5-9-21(18)23/h4-16H,1-3H3. The fourth-order valence-electron chi connectivity index (χ4n) is 3.37. The molecule has 0 aliphatic carbocycles. The minimum absolute atomic E-state index is 0.110. The molecule has 0 aromatic heterocycles. The first kappa shape index (κ1) is 19.8. The molecule has 0 heterocycles. The molecule has 0 N–H and O–H groups in total. The Balaban J connectivity index is 1.74. The van der Waals surface area contributed by atoms with Gasteiger partial charge in [0, 0.05) is 5.39 Å². The SMILES string of the molecule is CC(C)(C)c1ccc(-c2cc(Cl)c(Cl)c(Oc3cccc4ccccc34)c2)cc1. The summed E-state index contributed by atoms with van der Waals surface area (Å²) >= 11 is 12.9. The fourth-order valence-corrected chi connectivity index (χ4v) is 3.73. The molecule has 0 bridgehead atoms. The van der Waals surface area contributed by atoms with Gasteiger partial charge in [-0.1, -0.05) is 105 Å². The minimum Gasteiger partial charge on any atom is -0.455 e. The van der Waals surface area contributed by atoms with Gasteiger partial charge in [0.15, 0.2) is 0 Å². The Kier molecular flexibility index (Phi) is 5.29. The van der Waals surface area contributed by atoms with Crippen molar-refractivity contribution in [2.75, 3.05) is 0 Å². The lowest BCUT2D eigenvalue weighted by Gasteiger charge is -2.19. The van der Waals surface area contributed by atoms with Crippen molar-refractivity contribution in [3.8, 4) is 22.6 Å². The monoisotopic (exact) mass is 420 g/mol. The molecule has 146 valence electrons. The van der Waals surface area contributed by atoms with Gasteiger partial charge < -0.3 is 4.74 Å². The van der Waals surface area contributed by atoms with Crippen LogP contribution in [-0.4, -0.2) is 0 Å². The molecule has 0 aliphatic heterocycles. The van der Waals surface area contributed by atoms with Crippen LogP contribution in [0.3, 0.4) is 0 Å². The van der Waals surface area contributed by atoms with E-state index in [4.69, 9.17) is 27.9 Å². The summed E-state index contributed by atoms with van der Waals surface area (Å²) in [7, 11) is 0. The summed E-state index contributed by atoms with van der Waals surface area (Å²) in [5, 5.41) is 3.03. The first-order chi connectivity index (χ1) is 13.8. The first-order valence-corrected chi connectivity index (χ1v) is 10.3. The number of halogens is 2. The van der Waals surface area contributed by atoms with Gasteiger partial charge in [0.2, 0.25) is 0 Å². The van der Waals surface area contributed by atoms with Crippen LogP contribution in [0.2, 0.25) is 10.0 Å². The molecule has 0 fully saturated rings. The number of ether oxygens (including phenoxy) is 1. The molecule has 0 amide bonds. The summed E-state index contributed by atoms with van der Waals surface area (Å²) in [6, 6.07) is 26.4. The largest absolute Gasteiger partial charge is 0.455 e. The third-order valence-corrected chi connectivity index (χ3v) is 5.83. The number of fused-ring (bicyclic) bond motifs is 1. The van der Waals surface area contributed by atoms with Gasteiger partial charge in [-0.25, -0.2) is 0 Å². The lowest BCUT2D eigenvalue weighted by molar-refractivity contribution is 0.489. The maximum Gasteiger partial charge on any atom is 0.148 e. The van der Waals surface area contributed by atoms with Crippen molar-refractivity contribution in [2.45, 2.75) is 26.2 Å². The Bertz CT molecular complexity index is 1170. The van der Waals surface area contributed by atoms with E-state index in [1.165, 1.54) is 5.56 Å². The highest BCUT2D eigenvalue weighted by Crippen LogP contribution is 2.41. The van der Waals surface area contributed by atoms with E-state index in [1.807, 2.05) is 42.5 Å². The van der Waals surface area contributed by atoms with E-state index in [2.05, 4.69) is 57.2 Å². The van der Waals surface area contributed by atoms with E-state index in [-0.39, 0.29) is 5.41 Å². The molecule has 0 saturated carbocycles. The van der Waals surface area contributed by atoms with Crippen LogP contribution in [0, 0.1) is 0 Å². The molecule has 0 atom stereocenters. The van der Waals surface area contributed by atoms with Crippen LogP contribution in [-0.2, 0) is 5.41 Å². The molecule has 0 saturated heterocycles. The molecule has 0 unspecified atom stereocenters. The summed E-state index contributed by atoms with van der Waals surface area (Å²) in [6.45, 7) is 6.62. The first-order valence-electron chi connectivity index (χ1n) is 9.58. The molecule has 29 heavy (non-hydrogen) atoms. The van der Waals surface area contributed by atoms with Crippen LogP contribution in [0.5, 0.6) is 11.5 Å². The lowest BCUT2D eigenvalue weighted by Crippen LogP contribution is -2.10. The second kappa shape index (κ2) is 7.74. The highest BCUT2D eigenvalue weighted by molar-refractivity contribution is 6.43. The number of rotatable bonds is 3. The Hall–Kier alpha value is -2.48. The Morgan fingerprint density at radius 2 is 1.38 bits per heavy atom. The van der Waals surface area contributed by atoms with Gasteiger partial charge in [-0.15, -0.1) is 0 Å². The van der Waals surface area contributed by atoms with Crippen LogP contribution in [0.1, 0.15) is 26.3 Å².